The van der Waals surface area contributed by atoms with Crippen molar-refractivity contribution < 1.29 is 9.23 Å². The Morgan fingerprint density at radius 3 is 2.92 bits per heavy atom. The number of rotatable bonds is 3. The van der Waals surface area contributed by atoms with E-state index in [0.717, 1.165) is 5.56 Å². The van der Waals surface area contributed by atoms with E-state index in [2.05, 4.69) is 4.98 Å². The first-order valence-electron chi connectivity index (χ1n) is 3.57. The second-order valence-electron chi connectivity index (χ2n) is 2.48. The van der Waals surface area contributed by atoms with E-state index in [1.54, 1.807) is 25.4 Å². The number of hydrogen-bond acceptors (Lipinski definition) is 3. The summed E-state index contributed by atoms with van der Waals surface area (Å²) in [5, 5.41) is 1.59. The van der Waals surface area contributed by atoms with Crippen LogP contribution in [0.25, 0.3) is 0 Å². The summed E-state index contributed by atoms with van der Waals surface area (Å²) in [5.74, 6) is -0.322. The van der Waals surface area contributed by atoms with Crippen molar-refractivity contribution in [3.63, 3.8) is 0 Å². The van der Waals surface area contributed by atoms with E-state index >= 15 is 0 Å². The third kappa shape index (κ3) is 2.56. The van der Waals surface area contributed by atoms with Crippen LogP contribution in [0, 0.1) is 5.82 Å². The molecule has 0 aliphatic carbocycles. The maximum atomic E-state index is 12.6. The molecule has 0 atom stereocenters. The van der Waals surface area contributed by atoms with Gasteiger partial charge in [-0.1, -0.05) is 0 Å². The quantitative estimate of drug-likeness (QED) is 0.637. The Hall–Kier alpha value is -1.00. The van der Waals surface area contributed by atoms with Gasteiger partial charge >= 0.3 is 0 Å². The lowest BCUT2D eigenvalue weighted by Crippen LogP contribution is -2.15. The third-order valence-corrected chi connectivity index (χ3v) is 1.48. The molecule has 0 amide bonds. The molecular weight excluding hydrogens is 159 g/mol. The van der Waals surface area contributed by atoms with Crippen LogP contribution in [-0.2, 0) is 11.4 Å². The topological polar surface area (TPSA) is 25.4 Å². The monoisotopic (exact) mass is 170 g/mol. The molecule has 3 nitrogen and oxygen atoms in total. The Morgan fingerprint density at radius 2 is 2.33 bits per heavy atom. The Kier molecular flexibility index (Phi) is 3.13. The standard InChI is InChI=1S/C8H11FN2O/c1-11(12-2)6-7-3-8(9)5-10-4-7/h3-5H,6H2,1-2H3. The number of pyridine rings is 1. The zero-order valence-electron chi connectivity index (χ0n) is 7.12. The second kappa shape index (κ2) is 4.13. The van der Waals surface area contributed by atoms with Gasteiger partial charge < -0.3 is 4.84 Å². The lowest BCUT2D eigenvalue weighted by atomic mass is 10.3. The minimum absolute atomic E-state index is 0.322. The first-order chi connectivity index (χ1) is 5.72. The molecule has 0 bridgehead atoms. The largest absolute Gasteiger partial charge is 0.302 e. The van der Waals surface area contributed by atoms with Crippen LogP contribution < -0.4 is 0 Å². The molecule has 0 unspecified atom stereocenters. The summed E-state index contributed by atoms with van der Waals surface area (Å²) in [6.45, 7) is 0.529. The van der Waals surface area contributed by atoms with Crippen molar-refractivity contribution >= 4 is 0 Å². The maximum Gasteiger partial charge on any atom is 0.141 e. The van der Waals surface area contributed by atoms with Crippen LogP contribution in [-0.4, -0.2) is 24.2 Å². The van der Waals surface area contributed by atoms with E-state index in [1.165, 1.54) is 12.3 Å². The van der Waals surface area contributed by atoms with Crippen LogP contribution in [0.15, 0.2) is 18.5 Å². The smallest absolute Gasteiger partial charge is 0.141 e. The highest BCUT2D eigenvalue weighted by atomic mass is 19.1. The van der Waals surface area contributed by atoms with E-state index in [9.17, 15) is 4.39 Å². The van der Waals surface area contributed by atoms with Gasteiger partial charge in [0.2, 0.25) is 0 Å². The Morgan fingerprint density at radius 1 is 1.58 bits per heavy atom. The van der Waals surface area contributed by atoms with Crippen molar-refractivity contribution in [1.82, 2.24) is 10.0 Å². The van der Waals surface area contributed by atoms with Crippen LogP contribution in [0.5, 0.6) is 0 Å². The molecule has 0 aliphatic heterocycles. The molecule has 12 heavy (non-hydrogen) atoms. The summed E-state index contributed by atoms with van der Waals surface area (Å²) in [6.07, 6.45) is 2.79. The van der Waals surface area contributed by atoms with Crippen molar-refractivity contribution in [2.24, 2.45) is 0 Å². The van der Waals surface area contributed by atoms with Gasteiger partial charge in [-0.15, -0.1) is 0 Å². The van der Waals surface area contributed by atoms with Crippen LogP contribution >= 0.6 is 0 Å². The molecule has 1 rings (SSSR count). The van der Waals surface area contributed by atoms with E-state index in [4.69, 9.17) is 4.84 Å². The predicted molar refractivity (Wildman–Crippen MR) is 42.7 cm³/mol. The SMILES string of the molecule is CON(C)Cc1cncc(F)c1. The average Bonchev–Trinajstić information content (AvgIpc) is 2.04. The second-order valence-corrected chi connectivity index (χ2v) is 2.48. The third-order valence-electron chi connectivity index (χ3n) is 1.48. The number of halogens is 1. The van der Waals surface area contributed by atoms with Crippen LogP contribution in [0.1, 0.15) is 5.56 Å². The molecule has 0 spiro atoms. The van der Waals surface area contributed by atoms with Gasteiger partial charge in [-0.3, -0.25) is 4.98 Å². The van der Waals surface area contributed by atoms with E-state index < -0.39 is 0 Å². The van der Waals surface area contributed by atoms with Crippen LogP contribution in [0.4, 0.5) is 4.39 Å². The summed E-state index contributed by atoms with van der Waals surface area (Å²) in [6, 6.07) is 1.43. The molecule has 0 N–H and O–H groups in total. The van der Waals surface area contributed by atoms with Crippen molar-refractivity contribution in [3.05, 3.63) is 29.8 Å². The first-order valence-corrected chi connectivity index (χ1v) is 3.57. The molecule has 0 fully saturated rings. The number of hydroxylamine groups is 2. The Bertz CT molecular complexity index is 255. The van der Waals surface area contributed by atoms with Gasteiger partial charge in [0.25, 0.3) is 0 Å². The van der Waals surface area contributed by atoms with Gasteiger partial charge in [-0.2, -0.15) is 5.06 Å². The summed E-state index contributed by atoms with van der Waals surface area (Å²) in [5.41, 5.74) is 0.791. The summed E-state index contributed by atoms with van der Waals surface area (Å²) < 4.78 is 12.6. The van der Waals surface area contributed by atoms with Crippen molar-refractivity contribution in [2.45, 2.75) is 6.54 Å². The zero-order chi connectivity index (χ0) is 8.97. The molecule has 0 aliphatic rings. The van der Waals surface area contributed by atoms with Gasteiger partial charge in [0.15, 0.2) is 0 Å². The molecule has 1 aromatic rings. The van der Waals surface area contributed by atoms with Crippen molar-refractivity contribution in [2.75, 3.05) is 14.2 Å². The summed E-state index contributed by atoms with van der Waals surface area (Å²) in [7, 11) is 3.33. The molecule has 4 heteroatoms. The maximum absolute atomic E-state index is 12.6. The number of aromatic nitrogens is 1. The average molecular weight is 170 g/mol. The molecule has 0 saturated heterocycles. The van der Waals surface area contributed by atoms with Gasteiger partial charge in [-0.25, -0.2) is 4.39 Å². The predicted octanol–water partition coefficient (Wildman–Crippen LogP) is 1.21. The highest BCUT2D eigenvalue weighted by Gasteiger charge is 1.99. The number of hydrogen-bond donors (Lipinski definition) is 0. The van der Waals surface area contributed by atoms with Crippen molar-refractivity contribution in [1.29, 1.82) is 0 Å². The molecule has 1 aromatic heterocycles. The molecule has 0 radical (unpaired) electrons. The van der Waals surface area contributed by atoms with Gasteiger partial charge in [0.05, 0.1) is 19.9 Å². The first kappa shape index (κ1) is 9.09. The normalized spacial score (nSPS) is 10.7. The zero-order valence-corrected chi connectivity index (χ0v) is 7.12. The van der Waals surface area contributed by atoms with Crippen LogP contribution in [0.2, 0.25) is 0 Å². The molecule has 0 saturated carbocycles. The van der Waals surface area contributed by atoms with E-state index in [-0.39, 0.29) is 5.82 Å². The van der Waals surface area contributed by atoms with Gasteiger partial charge in [0, 0.05) is 13.2 Å². The van der Waals surface area contributed by atoms with Gasteiger partial charge in [0.1, 0.15) is 5.82 Å². The minimum Gasteiger partial charge on any atom is -0.302 e. The molecular formula is C8H11FN2O. The molecule has 66 valence electrons. The van der Waals surface area contributed by atoms with E-state index in [1.807, 2.05) is 0 Å². The lowest BCUT2D eigenvalue weighted by Gasteiger charge is -2.12. The van der Waals surface area contributed by atoms with Gasteiger partial charge in [-0.05, 0) is 11.6 Å². The minimum atomic E-state index is -0.322. The molecule has 0 aromatic carbocycles. The number of nitrogens with zero attached hydrogens (tertiary/aromatic N) is 2. The summed E-state index contributed by atoms with van der Waals surface area (Å²) >= 11 is 0. The fraction of sp³-hybridized carbons (Fsp3) is 0.375. The highest BCUT2D eigenvalue weighted by Crippen LogP contribution is 2.03. The fourth-order valence-electron chi connectivity index (χ4n) is 0.864. The van der Waals surface area contributed by atoms with E-state index in [0.29, 0.717) is 6.54 Å². The Labute approximate surface area is 70.7 Å². The van der Waals surface area contributed by atoms with Crippen LogP contribution in [0.3, 0.4) is 0 Å². The van der Waals surface area contributed by atoms with Crippen molar-refractivity contribution in [3.8, 4) is 0 Å². The summed E-state index contributed by atoms with van der Waals surface area (Å²) in [4.78, 5) is 8.59. The highest BCUT2D eigenvalue weighted by molar-refractivity contribution is 5.09. The lowest BCUT2D eigenvalue weighted by molar-refractivity contribution is -0.116. The molecule has 1 heterocycles. The fourth-order valence-corrected chi connectivity index (χ4v) is 0.864. The Balaban J connectivity index is 2.63.